The molecule has 0 bridgehead atoms. The molecule has 31 heavy (non-hydrogen) atoms. The molecule has 0 N–H and O–H groups in total. The maximum absolute atomic E-state index is 2.36. The first-order valence-electron chi connectivity index (χ1n) is 11.5. The molecule has 0 aromatic heterocycles. The van der Waals surface area contributed by atoms with Gasteiger partial charge in [-0.2, -0.15) is 0 Å². The Morgan fingerprint density at radius 3 is 0.968 bits per heavy atom. The minimum atomic E-state index is -0.200. The van der Waals surface area contributed by atoms with E-state index < -0.39 is 0 Å². The lowest BCUT2D eigenvalue weighted by atomic mass is 9.49. The fourth-order valence-corrected chi connectivity index (χ4v) is 5.80. The minimum Gasteiger partial charge on any atom is -0.0653 e. The van der Waals surface area contributed by atoms with Crippen molar-refractivity contribution in [2.45, 2.75) is 43.9 Å². The number of hydrogen-bond acceptors (Lipinski definition) is 0. The quantitative estimate of drug-likeness (QED) is 0.278. The molecule has 4 aromatic rings. The van der Waals surface area contributed by atoms with E-state index in [1.54, 1.807) is 0 Å². The van der Waals surface area contributed by atoms with Crippen LogP contribution in [0.5, 0.6) is 0 Å². The van der Waals surface area contributed by atoms with Gasteiger partial charge in [-0.1, -0.05) is 142 Å². The van der Waals surface area contributed by atoms with Crippen LogP contribution in [0.1, 0.15) is 55.4 Å². The highest BCUT2D eigenvalue weighted by atomic mass is 14.5. The minimum absolute atomic E-state index is 0.193. The molecular formula is C31H32. The second kappa shape index (κ2) is 9.35. The molecule has 0 aliphatic rings. The summed E-state index contributed by atoms with van der Waals surface area (Å²) in [5.74, 6) is 0. The fourth-order valence-electron chi connectivity index (χ4n) is 5.80. The second-order valence-electron chi connectivity index (χ2n) is 8.38. The van der Waals surface area contributed by atoms with Crippen LogP contribution in [0.2, 0.25) is 0 Å². The van der Waals surface area contributed by atoms with Crippen LogP contribution < -0.4 is 0 Å². The molecule has 4 rings (SSSR count). The summed E-state index contributed by atoms with van der Waals surface area (Å²) >= 11 is 0. The Bertz CT molecular complexity index is 971. The van der Waals surface area contributed by atoms with Crippen LogP contribution in [0.3, 0.4) is 0 Å². The smallest absolute Gasteiger partial charge is 0.0339 e. The summed E-state index contributed by atoms with van der Waals surface area (Å²) in [7, 11) is 0. The van der Waals surface area contributed by atoms with Crippen molar-refractivity contribution in [3.8, 4) is 0 Å². The zero-order chi connectivity index (χ0) is 21.6. The van der Waals surface area contributed by atoms with Gasteiger partial charge in [0.15, 0.2) is 0 Å². The van der Waals surface area contributed by atoms with Crippen LogP contribution in [0.25, 0.3) is 0 Å². The molecule has 0 heterocycles. The normalized spacial score (nSPS) is 11.9. The molecular weight excluding hydrogens is 372 g/mol. The predicted octanol–water partition coefficient (Wildman–Crippen LogP) is 8.17. The lowest BCUT2D eigenvalue weighted by Crippen LogP contribution is -2.50. The van der Waals surface area contributed by atoms with Gasteiger partial charge in [0, 0.05) is 10.8 Å². The van der Waals surface area contributed by atoms with Crippen molar-refractivity contribution in [2.24, 2.45) is 0 Å². The molecule has 0 atom stereocenters. The first kappa shape index (κ1) is 21.1. The van der Waals surface area contributed by atoms with Gasteiger partial charge in [-0.15, -0.1) is 0 Å². The SMILES string of the molecule is CCCC(c1ccccc1)(c1ccccc1)C(CC)(c1ccccc1)c1ccccc1. The third-order valence-electron chi connectivity index (χ3n) is 6.95. The van der Waals surface area contributed by atoms with E-state index in [-0.39, 0.29) is 10.8 Å². The largest absolute Gasteiger partial charge is 0.0653 e. The lowest BCUT2D eigenvalue weighted by molar-refractivity contribution is 0.274. The molecule has 0 nitrogen and oxygen atoms in total. The lowest BCUT2D eigenvalue weighted by Gasteiger charge is -2.53. The molecule has 0 amide bonds. The highest BCUT2D eigenvalue weighted by molar-refractivity contribution is 5.55. The van der Waals surface area contributed by atoms with Crippen molar-refractivity contribution in [1.29, 1.82) is 0 Å². The van der Waals surface area contributed by atoms with E-state index in [4.69, 9.17) is 0 Å². The van der Waals surface area contributed by atoms with Crippen molar-refractivity contribution in [2.75, 3.05) is 0 Å². The summed E-state index contributed by atoms with van der Waals surface area (Å²) in [6, 6.07) is 44.7. The zero-order valence-corrected chi connectivity index (χ0v) is 18.7. The molecule has 156 valence electrons. The molecule has 0 radical (unpaired) electrons. The van der Waals surface area contributed by atoms with E-state index in [0.29, 0.717) is 0 Å². The Kier molecular flexibility index (Phi) is 6.37. The van der Waals surface area contributed by atoms with Crippen LogP contribution in [0, 0.1) is 0 Å². The second-order valence-corrected chi connectivity index (χ2v) is 8.38. The summed E-state index contributed by atoms with van der Waals surface area (Å²) in [4.78, 5) is 0. The van der Waals surface area contributed by atoms with E-state index in [1.807, 2.05) is 0 Å². The predicted molar refractivity (Wildman–Crippen MR) is 133 cm³/mol. The first-order chi connectivity index (χ1) is 15.3. The van der Waals surface area contributed by atoms with Gasteiger partial charge < -0.3 is 0 Å². The average molecular weight is 405 g/mol. The molecule has 0 aliphatic heterocycles. The average Bonchev–Trinajstić information content (AvgIpc) is 2.86. The van der Waals surface area contributed by atoms with E-state index in [2.05, 4.69) is 135 Å². The van der Waals surface area contributed by atoms with Crippen LogP contribution in [-0.4, -0.2) is 0 Å². The summed E-state index contributed by atoms with van der Waals surface area (Å²) in [5.41, 5.74) is 5.14. The first-order valence-corrected chi connectivity index (χ1v) is 11.5. The van der Waals surface area contributed by atoms with Gasteiger partial charge in [0.1, 0.15) is 0 Å². The van der Waals surface area contributed by atoms with Gasteiger partial charge in [0.2, 0.25) is 0 Å². The van der Waals surface area contributed by atoms with Crippen LogP contribution in [0.4, 0.5) is 0 Å². The van der Waals surface area contributed by atoms with Gasteiger partial charge in [-0.3, -0.25) is 0 Å². The van der Waals surface area contributed by atoms with Crippen LogP contribution in [0.15, 0.2) is 121 Å². The standard InChI is InChI=1S/C31H32/c1-3-25-31(28-21-13-7-14-22-28,29-23-15-8-16-24-29)30(4-2,26-17-9-5-10-18-26)27-19-11-6-12-20-27/h5-24H,3-4,25H2,1-2H3. The monoisotopic (exact) mass is 404 g/mol. The van der Waals surface area contributed by atoms with E-state index in [9.17, 15) is 0 Å². The Hall–Kier alpha value is -3.12. The number of hydrogen-bond donors (Lipinski definition) is 0. The summed E-state index contributed by atoms with van der Waals surface area (Å²) in [6.07, 6.45) is 3.18. The molecule has 0 heteroatoms. The molecule has 0 unspecified atom stereocenters. The van der Waals surface area contributed by atoms with Gasteiger partial charge in [0.25, 0.3) is 0 Å². The van der Waals surface area contributed by atoms with Crippen molar-refractivity contribution >= 4 is 0 Å². The summed E-state index contributed by atoms with van der Waals surface area (Å²) in [5, 5.41) is 0. The molecule has 4 aromatic carbocycles. The van der Waals surface area contributed by atoms with Gasteiger partial charge in [-0.05, 0) is 35.1 Å². The Labute approximate surface area is 187 Å². The fraction of sp³-hybridized carbons (Fsp3) is 0.226. The zero-order valence-electron chi connectivity index (χ0n) is 18.7. The molecule has 0 saturated heterocycles. The van der Waals surface area contributed by atoms with Gasteiger partial charge in [0.05, 0.1) is 0 Å². The van der Waals surface area contributed by atoms with Gasteiger partial charge >= 0.3 is 0 Å². The number of benzene rings is 4. The Morgan fingerprint density at radius 1 is 0.419 bits per heavy atom. The maximum Gasteiger partial charge on any atom is 0.0339 e. The molecule has 0 saturated carbocycles. The third kappa shape index (κ3) is 3.51. The van der Waals surface area contributed by atoms with Gasteiger partial charge in [-0.25, -0.2) is 0 Å². The summed E-state index contributed by atoms with van der Waals surface area (Å²) < 4.78 is 0. The topological polar surface area (TPSA) is 0 Å². The van der Waals surface area contributed by atoms with E-state index >= 15 is 0 Å². The molecule has 0 fully saturated rings. The molecule has 0 spiro atoms. The third-order valence-corrected chi connectivity index (χ3v) is 6.95. The number of rotatable bonds is 8. The summed E-state index contributed by atoms with van der Waals surface area (Å²) in [6.45, 7) is 4.67. The Balaban J connectivity index is 2.18. The van der Waals surface area contributed by atoms with Crippen molar-refractivity contribution in [1.82, 2.24) is 0 Å². The van der Waals surface area contributed by atoms with E-state index in [0.717, 1.165) is 19.3 Å². The van der Waals surface area contributed by atoms with Crippen molar-refractivity contribution < 1.29 is 0 Å². The van der Waals surface area contributed by atoms with E-state index in [1.165, 1.54) is 22.3 Å². The highest BCUT2D eigenvalue weighted by Gasteiger charge is 2.53. The molecule has 0 aliphatic carbocycles. The highest BCUT2D eigenvalue weighted by Crippen LogP contribution is 2.57. The van der Waals surface area contributed by atoms with Crippen LogP contribution in [-0.2, 0) is 10.8 Å². The van der Waals surface area contributed by atoms with Crippen molar-refractivity contribution in [3.63, 3.8) is 0 Å². The maximum atomic E-state index is 2.36. The Morgan fingerprint density at radius 2 is 0.710 bits per heavy atom. The van der Waals surface area contributed by atoms with Crippen LogP contribution >= 0.6 is 0 Å². The van der Waals surface area contributed by atoms with Crippen molar-refractivity contribution in [3.05, 3.63) is 144 Å².